The molecule has 3 atom stereocenters. The zero-order valence-corrected chi connectivity index (χ0v) is 24.7. The van der Waals surface area contributed by atoms with E-state index in [4.69, 9.17) is 10.1 Å². The van der Waals surface area contributed by atoms with Gasteiger partial charge < -0.3 is 20.9 Å². The predicted octanol–water partition coefficient (Wildman–Crippen LogP) is 2.76. The van der Waals surface area contributed by atoms with Gasteiger partial charge in [0.2, 0.25) is 17.7 Å². The highest BCUT2D eigenvalue weighted by molar-refractivity contribution is 7.98. The lowest BCUT2D eigenvalue weighted by Crippen LogP contribution is -2.51. The largest absolute Gasteiger partial charge is 0.344 e. The fraction of sp³-hybridized carbons (Fsp3) is 0.621. The third-order valence-corrected chi connectivity index (χ3v) is 8.21. The van der Waals surface area contributed by atoms with E-state index in [0.29, 0.717) is 44.1 Å². The maximum Gasteiger partial charge on any atom is 0.243 e. The van der Waals surface area contributed by atoms with Crippen molar-refractivity contribution in [3.63, 3.8) is 0 Å². The zero-order chi connectivity index (χ0) is 28.5. The summed E-state index contributed by atoms with van der Waals surface area (Å²) < 4.78 is 1.85. The van der Waals surface area contributed by atoms with Crippen molar-refractivity contribution in [1.29, 1.82) is 0 Å². The zero-order valence-electron chi connectivity index (χ0n) is 23.9. The second kappa shape index (κ2) is 14.6. The quantitative estimate of drug-likeness (QED) is 0.489. The highest BCUT2D eigenvalue weighted by Gasteiger charge is 2.31. The van der Waals surface area contributed by atoms with E-state index in [1.807, 2.05) is 60.0 Å². The third-order valence-electron chi connectivity index (χ3n) is 7.57. The first-order valence-corrected chi connectivity index (χ1v) is 15.9. The Labute approximate surface area is 241 Å². The van der Waals surface area contributed by atoms with Crippen LogP contribution in [0.3, 0.4) is 0 Å². The number of benzene rings is 1. The molecular formula is C29H43N7O3S. The molecular weight excluding hydrogens is 526 g/mol. The number of rotatable bonds is 6. The summed E-state index contributed by atoms with van der Waals surface area (Å²) in [6, 6.07) is 8.52. The van der Waals surface area contributed by atoms with Gasteiger partial charge in [-0.25, -0.2) is 9.67 Å². The molecule has 0 unspecified atom stereocenters. The Morgan fingerprint density at radius 2 is 1.88 bits per heavy atom. The minimum Gasteiger partial charge on any atom is -0.344 e. The van der Waals surface area contributed by atoms with Gasteiger partial charge in [-0.1, -0.05) is 50.6 Å². The molecule has 2 aliphatic rings. The van der Waals surface area contributed by atoms with Crippen molar-refractivity contribution in [1.82, 2.24) is 35.6 Å². The molecule has 4 rings (SSSR count). The van der Waals surface area contributed by atoms with Crippen molar-refractivity contribution in [2.45, 2.75) is 77.0 Å². The molecule has 3 N–H and O–H groups in total. The number of fused-ring (bicyclic) bond motifs is 1. The highest BCUT2D eigenvalue weighted by atomic mass is 32.2. The maximum atomic E-state index is 13.6. The molecule has 3 amide bonds. The molecule has 0 spiro atoms. The number of nitrogens with zero attached hydrogens (tertiary/aromatic N) is 4. The molecule has 40 heavy (non-hydrogen) atoms. The Hall–Kier alpha value is -2.92. The molecule has 2 aromatic rings. The van der Waals surface area contributed by atoms with Crippen LogP contribution in [0.15, 0.2) is 30.3 Å². The van der Waals surface area contributed by atoms with E-state index in [9.17, 15) is 14.4 Å². The highest BCUT2D eigenvalue weighted by Crippen LogP contribution is 2.25. The standard InChI is InChI=1S/C29H43N7O3S/c1-20(2)25-27-33-26(21-10-5-4-6-11-21)34-36(27)18-17-35(29(39)23-12-7-8-15-30-23)16-9-13-24(37)31-22(14-19-40-3)28(38)32-25/h4-6,10-11,20,22-23,25,30H,7-9,12-19H2,1-3H3,(H,31,37)(H,32,38)/t22-,23-,25+/m0/s1. The van der Waals surface area contributed by atoms with Gasteiger partial charge in [0.15, 0.2) is 11.6 Å². The van der Waals surface area contributed by atoms with Crippen LogP contribution < -0.4 is 16.0 Å². The second-order valence-corrected chi connectivity index (χ2v) is 11.9. The number of carbonyl (C=O) groups is 3. The number of hydrogen-bond donors (Lipinski definition) is 3. The molecule has 1 saturated heterocycles. The first kappa shape index (κ1) is 30.0. The van der Waals surface area contributed by atoms with E-state index in [-0.39, 0.29) is 36.1 Å². The van der Waals surface area contributed by atoms with E-state index < -0.39 is 12.1 Å². The van der Waals surface area contributed by atoms with Crippen LogP contribution in [-0.4, -0.2) is 81.1 Å². The fourth-order valence-electron chi connectivity index (χ4n) is 5.27. The average Bonchev–Trinajstić information content (AvgIpc) is 3.39. The number of hydrogen-bond acceptors (Lipinski definition) is 7. The van der Waals surface area contributed by atoms with Crippen LogP contribution >= 0.6 is 11.8 Å². The summed E-state index contributed by atoms with van der Waals surface area (Å²) in [6.45, 7) is 6.26. The van der Waals surface area contributed by atoms with Crippen molar-refractivity contribution < 1.29 is 14.4 Å². The molecule has 0 radical (unpaired) electrons. The van der Waals surface area contributed by atoms with Crippen molar-refractivity contribution in [3.8, 4) is 11.4 Å². The van der Waals surface area contributed by atoms with Crippen molar-refractivity contribution in [2.24, 2.45) is 5.92 Å². The fourth-order valence-corrected chi connectivity index (χ4v) is 5.75. The Bertz CT molecular complexity index is 1130. The monoisotopic (exact) mass is 569 g/mol. The lowest BCUT2D eigenvalue weighted by molar-refractivity contribution is -0.134. The maximum absolute atomic E-state index is 13.6. The Morgan fingerprint density at radius 3 is 2.58 bits per heavy atom. The molecule has 0 saturated carbocycles. The summed E-state index contributed by atoms with van der Waals surface area (Å²) >= 11 is 1.64. The van der Waals surface area contributed by atoms with E-state index >= 15 is 0 Å². The minimum atomic E-state index is -0.640. The van der Waals surface area contributed by atoms with Gasteiger partial charge in [-0.3, -0.25) is 14.4 Å². The van der Waals surface area contributed by atoms with Crippen molar-refractivity contribution in [3.05, 3.63) is 36.2 Å². The molecule has 1 fully saturated rings. The van der Waals surface area contributed by atoms with Crippen LogP contribution in [0, 0.1) is 5.92 Å². The molecule has 1 aromatic heterocycles. The number of carbonyl (C=O) groups excluding carboxylic acids is 3. The van der Waals surface area contributed by atoms with Gasteiger partial charge in [0, 0.05) is 25.1 Å². The van der Waals surface area contributed by atoms with Crippen LogP contribution in [0.2, 0.25) is 0 Å². The molecule has 3 heterocycles. The number of aromatic nitrogens is 3. The van der Waals surface area contributed by atoms with E-state index in [1.54, 1.807) is 11.8 Å². The molecule has 0 bridgehead atoms. The van der Waals surface area contributed by atoms with Gasteiger partial charge >= 0.3 is 0 Å². The first-order valence-electron chi connectivity index (χ1n) is 14.5. The predicted molar refractivity (Wildman–Crippen MR) is 158 cm³/mol. The molecule has 218 valence electrons. The van der Waals surface area contributed by atoms with Crippen LogP contribution in [-0.2, 0) is 20.9 Å². The summed E-state index contributed by atoms with van der Waals surface area (Å²) in [5, 5.41) is 14.4. The smallest absolute Gasteiger partial charge is 0.243 e. The van der Waals surface area contributed by atoms with Gasteiger partial charge in [-0.15, -0.1) is 0 Å². The van der Waals surface area contributed by atoms with Gasteiger partial charge in [-0.2, -0.15) is 16.9 Å². The lowest BCUT2D eigenvalue weighted by Gasteiger charge is -2.31. The number of piperidine rings is 1. The normalized spacial score (nSPS) is 23.2. The number of amides is 3. The first-order chi connectivity index (χ1) is 19.4. The van der Waals surface area contributed by atoms with Crippen LogP contribution in [0.1, 0.15) is 64.2 Å². The Morgan fingerprint density at radius 1 is 1.07 bits per heavy atom. The molecule has 11 heteroatoms. The van der Waals surface area contributed by atoms with Gasteiger partial charge in [0.1, 0.15) is 6.04 Å². The van der Waals surface area contributed by atoms with Gasteiger partial charge in [0.05, 0.1) is 18.6 Å². The molecule has 2 aliphatic heterocycles. The van der Waals surface area contributed by atoms with Crippen LogP contribution in [0.25, 0.3) is 11.4 Å². The summed E-state index contributed by atoms with van der Waals surface area (Å²) in [7, 11) is 0. The molecule has 0 aliphatic carbocycles. The Balaban J connectivity index is 1.69. The van der Waals surface area contributed by atoms with Crippen LogP contribution in [0.4, 0.5) is 0 Å². The van der Waals surface area contributed by atoms with Crippen LogP contribution in [0.5, 0.6) is 0 Å². The minimum absolute atomic E-state index is 0.0181. The lowest BCUT2D eigenvalue weighted by atomic mass is 10.0. The SMILES string of the molecule is CSCC[C@@H]1NC(=O)CCCN(C(=O)[C@@H]2CCCCN2)CCn2nc(-c3ccccc3)nc2[C@@H](C(C)C)NC1=O. The van der Waals surface area contributed by atoms with E-state index in [1.165, 1.54) is 0 Å². The third kappa shape index (κ3) is 7.84. The summed E-state index contributed by atoms with van der Waals surface area (Å²) in [6.07, 6.45) is 6.22. The topological polar surface area (TPSA) is 121 Å². The summed E-state index contributed by atoms with van der Waals surface area (Å²) in [4.78, 5) is 46.7. The molecule has 1 aromatic carbocycles. The average molecular weight is 570 g/mol. The van der Waals surface area contributed by atoms with Crippen molar-refractivity contribution in [2.75, 3.05) is 31.6 Å². The number of thioether (sulfide) groups is 1. The van der Waals surface area contributed by atoms with Crippen molar-refractivity contribution >= 4 is 29.5 Å². The second-order valence-electron chi connectivity index (χ2n) is 10.9. The van der Waals surface area contributed by atoms with E-state index in [2.05, 4.69) is 16.0 Å². The number of nitrogens with one attached hydrogen (secondary N) is 3. The summed E-state index contributed by atoms with van der Waals surface area (Å²) in [5.41, 5.74) is 0.888. The van der Waals surface area contributed by atoms with Gasteiger partial charge in [0.25, 0.3) is 0 Å². The molecule has 10 nitrogen and oxygen atoms in total. The Kier molecular flexibility index (Phi) is 11.0. The van der Waals surface area contributed by atoms with Gasteiger partial charge in [-0.05, 0) is 50.2 Å². The summed E-state index contributed by atoms with van der Waals surface area (Å²) in [5.74, 6) is 1.69. The van der Waals surface area contributed by atoms with E-state index in [0.717, 1.165) is 37.1 Å².